The first-order valence-electron chi connectivity index (χ1n) is 10.6. The first kappa shape index (κ1) is 22.9. The molecule has 0 unspecified atom stereocenters. The number of esters is 1. The Balaban J connectivity index is 1.49. The maximum atomic E-state index is 12.6. The number of benzene rings is 1. The third kappa shape index (κ3) is 6.37. The van der Waals surface area contributed by atoms with Crippen LogP contribution in [0.2, 0.25) is 0 Å². The molecule has 1 aromatic heterocycles. The average Bonchev–Trinajstić information content (AvgIpc) is 3.18. The lowest BCUT2D eigenvalue weighted by Gasteiger charge is -2.34. The summed E-state index contributed by atoms with van der Waals surface area (Å²) in [5, 5.41) is 12.4. The molecule has 1 aliphatic heterocycles. The van der Waals surface area contributed by atoms with Crippen LogP contribution in [0.25, 0.3) is 0 Å². The largest absolute Gasteiger partial charge is 0.462 e. The minimum atomic E-state index is -0.398. The molecule has 0 radical (unpaired) electrons. The highest BCUT2D eigenvalue weighted by atomic mass is 32.1. The van der Waals surface area contributed by atoms with Crippen molar-refractivity contribution in [3.63, 3.8) is 0 Å². The number of piperazine rings is 1. The van der Waals surface area contributed by atoms with Crippen LogP contribution in [0, 0.1) is 11.3 Å². The molecule has 2 heterocycles. The van der Waals surface area contributed by atoms with Crippen molar-refractivity contribution in [1.82, 2.24) is 9.80 Å². The van der Waals surface area contributed by atoms with E-state index < -0.39 is 5.97 Å². The van der Waals surface area contributed by atoms with Gasteiger partial charge in [-0.05, 0) is 37.1 Å². The fourth-order valence-electron chi connectivity index (χ4n) is 3.49. The number of carbonyl (C=O) groups excluding carboxylic acids is 2. The lowest BCUT2D eigenvalue weighted by molar-refractivity contribution is -0.117. The molecule has 1 aliphatic rings. The van der Waals surface area contributed by atoms with Gasteiger partial charge in [-0.25, -0.2) is 4.79 Å². The summed E-state index contributed by atoms with van der Waals surface area (Å²) in [6.07, 6.45) is 0.800. The van der Waals surface area contributed by atoms with Crippen molar-refractivity contribution in [2.75, 3.05) is 44.6 Å². The van der Waals surface area contributed by atoms with E-state index in [2.05, 4.69) is 21.2 Å². The van der Waals surface area contributed by atoms with Crippen LogP contribution in [-0.2, 0) is 22.5 Å². The third-order valence-electron chi connectivity index (χ3n) is 5.20. The first-order chi connectivity index (χ1) is 15.0. The minimum Gasteiger partial charge on any atom is -0.462 e. The number of ether oxygens (including phenoxy) is 1. The van der Waals surface area contributed by atoms with Gasteiger partial charge in [0, 0.05) is 37.6 Å². The summed E-state index contributed by atoms with van der Waals surface area (Å²) in [6, 6.07) is 11.6. The van der Waals surface area contributed by atoms with Crippen LogP contribution in [-0.4, -0.2) is 61.0 Å². The van der Waals surface area contributed by atoms with Gasteiger partial charge < -0.3 is 10.1 Å². The Bertz CT molecular complexity index is 941. The van der Waals surface area contributed by atoms with Crippen molar-refractivity contribution in [3.8, 4) is 6.07 Å². The van der Waals surface area contributed by atoms with Gasteiger partial charge in [0.2, 0.25) is 5.91 Å². The fourth-order valence-corrected chi connectivity index (χ4v) is 4.49. The van der Waals surface area contributed by atoms with Gasteiger partial charge in [-0.15, -0.1) is 11.3 Å². The minimum absolute atomic E-state index is 0.115. The summed E-state index contributed by atoms with van der Waals surface area (Å²) in [7, 11) is 0. The SMILES string of the molecule is CCOC(=O)c1cc(CC)sc1NC(=O)CN1CCN(Cc2ccc(C#N)cc2)CC1. The van der Waals surface area contributed by atoms with Crippen LogP contribution in [0.1, 0.15) is 40.2 Å². The van der Waals surface area contributed by atoms with E-state index in [1.807, 2.05) is 31.2 Å². The second-order valence-corrected chi connectivity index (χ2v) is 8.58. The molecular formula is C23H28N4O3S. The normalized spacial score (nSPS) is 14.7. The number of rotatable bonds is 8. The summed E-state index contributed by atoms with van der Waals surface area (Å²) in [5.74, 6) is -0.513. The molecular weight excluding hydrogens is 412 g/mol. The van der Waals surface area contributed by atoms with E-state index in [-0.39, 0.29) is 5.91 Å². The van der Waals surface area contributed by atoms with Gasteiger partial charge >= 0.3 is 5.97 Å². The molecule has 1 fully saturated rings. The molecule has 7 nitrogen and oxygen atoms in total. The molecule has 8 heteroatoms. The van der Waals surface area contributed by atoms with Gasteiger partial charge in [0.25, 0.3) is 0 Å². The second kappa shape index (κ2) is 11.0. The van der Waals surface area contributed by atoms with Crippen molar-refractivity contribution in [3.05, 3.63) is 51.9 Å². The molecule has 164 valence electrons. The van der Waals surface area contributed by atoms with E-state index >= 15 is 0 Å². The maximum Gasteiger partial charge on any atom is 0.341 e. The smallest absolute Gasteiger partial charge is 0.341 e. The number of hydrogen-bond donors (Lipinski definition) is 1. The Labute approximate surface area is 187 Å². The van der Waals surface area contributed by atoms with Gasteiger partial charge in [-0.1, -0.05) is 19.1 Å². The van der Waals surface area contributed by atoms with Crippen LogP contribution in [0.3, 0.4) is 0 Å². The summed E-state index contributed by atoms with van der Waals surface area (Å²) in [4.78, 5) is 30.3. The summed E-state index contributed by atoms with van der Waals surface area (Å²) < 4.78 is 5.12. The van der Waals surface area contributed by atoms with Crippen molar-refractivity contribution < 1.29 is 14.3 Å². The topological polar surface area (TPSA) is 85.7 Å². The van der Waals surface area contributed by atoms with Crippen molar-refractivity contribution >= 4 is 28.2 Å². The van der Waals surface area contributed by atoms with E-state index in [0.29, 0.717) is 29.3 Å². The number of nitriles is 1. The Morgan fingerprint density at radius 2 is 1.81 bits per heavy atom. The molecule has 0 bridgehead atoms. The molecule has 0 aliphatic carbocycles. The maximum absolute atomic E-state index is 12.6. The van der Waals surface area contributed by atoms with Gasteiger partial charge in [-0.3, -0.25) is 14.6 Å². The quantitative estimate of drug-likeness (QED) is 0.635. The molecule has 2 aromatic rings. The molecule has 1 N–H and O–H groups in total. The number of aryl methyl sites for hydroxylation is 1. The van der Waals surface area contributed by atoms with Gasteiger partial charge in [0.15, 0.2) is 0 Å². The van der Waals surface area contributed by atoms with Crippen LogP contribution in [0.4, 0.5) is 5.00 Å². The van der Waals surface area contributed by atoms with Crippen molar-refractivity contribution in [2.24, 2.45) is 0 Å². The number of amides is 1. The zero-order valence-electron chi connectivity index (χ0n) is 18.0. The Morgan fingerprint density at radius 1 is 1.13 bits per heavy atom. The van der Waals surface area contributed by atoms with Crippen LogP contribution in [0.15, 0.2) is 30.3 Å². The van der Waals surface area contributed by atoms with Crippen LogP contribution >= 0.6 is 11.3 Å². The zero-order valence-corrected chi connectivity index (χ0v) is 18.8. The lowest BCUT2D eigenvalue weighted by atomic mass is 10.1. The highest BCUT2D eigenvalue weighted by Crippen LogP contribution is 2.29. The molecule has 1 amide bonds. The predicted octanol–water partition coefficient (Wildman–Crippen LogP) is 3.12. The Hall–Kier alpha value is -2.73. The van der Waals surface area contributed by atoms with Crippen LogP contribution in [0.5, 0.6) is 0 Å². The third-order valence-corrected chi connectivity index (χ3v) is 6.40. The van der Waals surface area contributed by atoms with Crippen molar-refractivity contribution in [1.29, 1.82) is 5.26 Å². The standard InChI is InChI=1S/C23H28N4O3S/c1-3-19-13-20(23(29)30-4-2)22(31-19)25-21(28)16-27-11-9-26(10-12-27)15-18-7-5-17(14-24)6-8-18/h5-8,13H,3-4,9-12,15-16H2,1-2H3,(H,25,28). The first-order valence-corrected chi connectivity index (χ1v) is 11.4. The zero-order chi connectivity index (χ0) is 22.2. The summed E-state index contributed by atoms with van der Waals surface area (Å²) in [5.41, 5.74) is 2.29. The van der Waals surface area contributed by atoms with Crippen molar-refractivity contribution in [2.45, 2.75) is 26.8 Å². The molecule has 1 aromatic carbocycles. The van der Waals surface area contributed by atoms with E-state index in [0.717, 1.165) is 44.0 Å². The molecule has 1 saturated heterocycles. The van der Waals surface area contributed by atoms with E-state index in [1.54, 1.807) is 13.0 Å². The summed E-state index contributed by atoms with van der Waals surface area (Å²) >= 11 is 1.43. The number of anilines is 1. The number of thiophene rings is 1. The van der Waals surface area contributed by atoms with Gasteiger partial charge in [-0.2, -0.15) is 5.26 Å². The monoisotopic (exact) mass is 440 g/mol. The summed E-state index contributed by atoms with van der Waals surface area (Å²) in [6.45, 7) is 8.58. The predicted molar refractivity (Wildman–Crippen MR) is 121 cm³/mol. The number of carbonyl (C=O) groups is 2. The van der Waals surface area contributed by atoms with Crippen LogP contribution < -0.4 is 5.32 Å². The molecule has 0 saturated carbocycles. The Kier molecular flexibility index (Phi) is 8.18. The fraction of sp³-hybridized carbons (Fsp3) is 0.435. The molecule has 0 spiro atoms. The van der Waals surface area contributed by atoms with Gasteiger partial charge in [0.1, 0.15) is 5.00 Å². The van der Waals surface area contributed by atoms with E-state index in [4.69, 9.17) is 10.00 Å². The van der Waals surface area contributed by atoms with E-state index in [1.165, 1.54) is 16.9 Å². The number of hydrogen-bond acceptors (Lipinski definition) is 7. The average molecular weight is 441 g/mol. The van der Waals surface area contributed by atoms with E-state index in [9.17, 15) is 9.59 Å². The van der Waals surface area contributed by atoms with Gasteiger partial charge in [0.05, 0.1) is 30.3 Å². The highest BCUT2D eigenvalue weighted by Gasteiger charge is 2.22. The number of nitrogens with zero attached hydrogens (tertiary/aromatic N) is 3. The molecule has 3 rings (SSSR count). The number of nitrogens with one attached hydrogen (secondary N) is 1. The lowest BCUT2D eigenvalue weighted by Crippen LogP contribution is -2.48. The Morgan fingerprint density at radius 3 is 2.42 bits per heavy atom. The molecule has 0 atom stereocenters. The molecule has 31 heavy (non-hydrogen) atoms. The highest BCUT2D eigenvalue weighted by molar-refractivity contribution is 7.16. The second-order valence-electron chi connectivity index (χ2n) is 7.44.